The van der Waals surface area contributed by atoms with Crippen LogP contribution >= 0.6 is 0 Å². The lowest BCUT2D eigenvalue weighted by Crippen LogP contribution is -2.27. The summed E-state index contributed by atoms with van der Waals surface area (Å²) in [6.45, 7) is 3.65. The van der Waals surface area contributed by atoms with E-state index in [2.05, 4.69) is 23.6 Å². The summed E-state index contributed by atoms with van der Waals surface area (Å²) in [6.07, 6.45) is 2.51. The minimum Gasteiger partial charge on any atom is -0.492 e. The third-order valence-electron chi connectivity index (χ3n) is 5.11. The molecule has 30 heavy (non-hydrogen) atoms. The van der Waals surface area contributed by atoms with Gasteiger partial charge in [-0.25, -0.2) is 4.98 Å². The van der Waals surface area contributed by atoms with E-state index in [0.717, 1.165) is 29.0 Å². The lowest BCUT2D eigenvalue weighted by Gasteiger charge is -2.17. The van der Waals surface area contributed by atoms with Gasteiger partial charge in [-0.15, -0.1) is 0 Å². The Hall–Kier alpha value is -3.54. The predicted octanol–water partition coefficient (Wildman–Crippen LogP) is 4.54. The summed E-state index contributed by atoms with van der Waals surface area (Å²) >= 11 is 0. The highest BCUT2D eigenvalue weighted by Crippen LogP contribution is 2.19. The Kier molecular flexibility index (Phi) is 5.84. The van der Waals surface area contributed by atoms with Crippen LogP contribution in [-0.2, 0) is 19.5 Å². The minimum absolute atomic E-state index is 0.175. The molecular formula is C24H25N3O3. The SMILES string of the molecule is CCc1ccc(OCCn2c(CN(C)C(=O)c3ccco3)nc3ccccc32)cc1. The number of aromatic nitrogens is 2. The zero-order chi connectivity index (χ0) is 20.9. The molecule has 154 valence electrons. The normalized spacial score (nSPS) is 11.0. The largest absolute Gasteiger partial charge is 0.492 e. The summed E-state index contributed by atoms with van der Waals surface area (Å²) < 4.78 is 13.3. The fraction of sp³-hybridized carbons (Fsp3) is 0.250. The van der Waals surface area contributed by atoms with Crippen molar-refractivity contribution in [3.8, 4) is 5.75 Å². The monoisotopic (exact) mass is 403 g/mol. The number of amides is 1. The zero-order valence-electron chi connectivity index (χ0n) is 17.2. The van der Waals surface area contributed by atoms with Crippen molar-refractivity contribution in [2.45, 2.75) is 26.4 Å². The standard InChI is InChI=1S/C24H25N3O3/c1-3-18-10-12-19(13-11-18)29-16-14-27-21-8-5-4-7-20(21)25-23(27)17-26(2)24(28)22-9-6-15-30-22/h4-13,15H,3,14,16-17H2,1-2H3. The van der Waals surface area contributed by atoms with E-state index < -0.39 is 0 Å². The number of fused-ring (bicyclic) bond motifs is 1. The van der Waals surface area contributed by atoms with E-state index in [4.69, 9.17) is 14.1 Å². The van der Waals surface area contributed by atoms with Gasteiger partial charge >= 0.3 is 0 Å². The Labute approximate surface area is 175 Å². The van der Waals surface area contributed by atoms with Gasteiger partial charge in [-0.05, 0) is 48.4 Å². The lowest BCUT2D eigenvalue weighted by molar-refractivity contribution is 0.0748. The fourth-order valence-corrected chi connectivity index (χ4v) is 3.44. The molecule has 4 aromatic rings. The minimum atomic E-state index is -0.175. The van der Waals surface area contributed by atoms with E-state index in [1.165, 1.54) is 11.8 Å². The number of carbonyl (C=O) groups is 1. The molecule has 0 atom stereocenters. The lowest BCUT2D eigenvalue weighted by atomic mass is 10.2. The van der Waals surface area contributed by atoms with Crippen molar-refractivity contribution in [2.75, 3.05) is 13.7 Å². The summed E-state index contributed by atoms with van der Waals surface area (Å²) in [5.41, 5.74) is 3.21. The molecule has 0 unspecified atom stereocenters. The third kappa shape index (κ3) is 4.22. The molecule has 0 bridgehead atoms. The molecule has 0 spiro atoms. The van der Waals surface area contributed by atoms with Crippen LogP contribution in [0.15, 0.2) is 71.3 Å². The summed E-state index contributed by atoms with van der Waals surface area (Å²) in [7, 11) is 1.75. The van der Waals surface area contributed by atoms with Crippen LogP contribution in [0.2, 0.25) is 0 Å². The van der Waals surface area contributed by atoms with Gasteiger partial charge in [-0.3, -0.25) is 4.79 Å². The van der Waals surface area contributed by atoms with Crippen LogP contribution in [0.3, 0.4) is 0 Å². The average Bonchev–Trinajstić information content (AvgIpc) is 3.42. The van der Waals surface area contributed by atoms with Crippen LogP contribution in [-0.4, -0.2) is 34.0 Å². The number of imidazole rings is 1. The van der Waals surface area contributed by atoms with Gasteiger partial charge in [0.15, 0.2) is 5.76 Å². The molecule has 0 radical (unpaired) electrons. The molecule has 0 aliphatic rings. The van der Waals surface area contributed by atoms with Gasteiger partial charge in [-0.2, -0.15) is 0 Å². The molecule has 0 saturated heterocycles. The van der Waals surface area contributed by atoms with Crippen molar-refractivity contribution >= 4 is 16.9 Å². The molecule has 2 aromatic carbocycles. The summed E-state index contributed by atoms with van der Waals surface area (Å²) in [6, 6.07) is 19.5. The number of aryl methyl sites for hydroxylation is 1. The molecule has 0 aliphatic heterocycles. The van der Waals surface area contributed by atoms with Gasteiger partial charge in [0.1, 0.15) is 18.2 Å². The van der Waals surface area contributed by atoms with E-state index >= 15 is 0 Å². The van der Waals surface area contributed by atoms with Crippen molar-refractivity contribution in [1.82, 2.24) is 14.5 Å². The van der Waals surface area contributed by atoms with Gasteiger partial charge in [-0.1, -0.05) is 31.2 Å². The molecule has 0 aliphatic carbocycles. The Morgan fingerprint density at radius 3 is 2.63 bits per heavy atom. The number of para-hydroxylation sites is 2. The summed E-state index contributed by atoms with van der Waals surface area (Å²) in [5.74, 6) is 1.80. The van der Waals surface area contributed by atoms with Crippen LogP contribution in [0, 0.1) is 0 Å². The van der Waals surface area contributed by atoms with E-state index in [1.807, 2.05) is 36.4 Å². The number of benzene rings is 2. The predicted molar refractivity (Wildman–Crippen MR) is 116 cm³/mol. The number of rotatable bonds is 8. The van der Waals surface area contributed by atoms with E-state index in [-0.39, 0.29) is 5.91 Å². The second-order valence-corrected chi connectivity index (χ2v) is 7.15. The van der Waals surface area contributed by atoms with Crippen molar-refractivity contribution in [1.29, 1.82) is 0 Å². The Balaban J connectivity index is 1.50. The van der Waals surface area contributed by atoms with Gasteiger partial charge in [0.05, 0.1) is 30.4 Å². The maximum Gasteiger partial charge on any atom is 0.289 e. The van der Waals surface area contributed by atoms with Crippen molar-refractivity contribution in [3.05, 3.63) is 84.1 Å². The molecule has 6 heteroatoms. The van der Waals surface area contributed by atoms with E-state index in [9.17, 15) is 4.79 Å². The smallest absolute Gasteiger partial charge is 0.289 e. The first-order valence-electron chi connectivity index (χ1n) is 10.1. The van der Waals surface area contributed by atoms with Gasteiger partial charge in [0, 0.05) is 7.05 Å². The summed E-state index contributed by atoms with van der Waals surface area (Å²) in [5, 5.41) is 0. The van der Waals surface area contributed by atoms with Crippen LogP contribution in [0.4, 0.5) is 0 Å². The van der Waals surface area contributed by atoms with E-state index in [1.54, 1.807) is 24.1 Å². The molecule has 1 amide bonds. The third-order valence-corrected chi connectivity index (χ3v) is 5.11. The van der Waals surface area contributed by atoms with Crippen LogP contribution in [0.5, 0.6) is 5.75 Å². The molecule has 4 rings (SSSR count). The highest BCUT2D eigenvalue weighted by atomic mass is 16.5. The first-order valence-corrected chi connectivity index (χ1v) is 10.1. The van der Waals surface area contributed by atoms with Gasteiger partial charge < -0.3 is 18.6 Å². The number of hydrogen-bond acceptors (Lipinski definition) is 4. The van der Waals surface area contributed by atoms with Crippen molar-refractivity contribution in [3.63, 3.8) is 0 Å². The van der Waals surface area contributed by atoms with Crippen LogP contribution < -0.4 is 4.74 Å². The second kappa shape index (κ2) is 8.86. The van der Waals surface area contributed by atoms with Crippen LogP contribution in [0.25, 0.3) is 11.0 Å². The fourth-order valence-electron chi connectivity index (χ4n) is 3.44. The Morgan fingerprint density at radius 2 is 1.90 bits per heavy atom. The number of carbonyl (C=O) groups excluding carboxylic acids is 1. The molecule has 2 aromatic heterocycles. The Bertz CT molecular complexity index is 1110. The zero-order valence-corrected chi connectivity index (χ0v) is 17.2. The van der Waals surface area contributed by atoms with Crippen molar-refractivity contribution < 1.29 is 13.9 Å². The molecule has 0 saturated carbocycles. The summed E-state index contributed by atoms with van der Waals surface area (Å²) in [4.78, 5) is 18.9. The van der Waals surface area contributed by atoms with Crippen molar-refractivity contribution in [2.24, 2.45) is 0 Å². The average molecular weight is 403 g/mol. The second-order valence-electron chi connectivity index (χ2n) is 7.15. The molecule has 6 nitrogen and oxygen atoms in total. The maximum absolute atomic E-state index is 12.6. The van der Waals surface area contributed by atoms with Crippen LogP contribution in [0.1, 0.15) is 28.9 Å². The number of ether oxygens (including phenoxy) is 1. The van der Waals surface area contributed by atoms with Gasteiger partial charge in [0.25, 0.3) is 5.91 Å². The number of hydrogen-bond donors (Lipinski definition) is 0. The first kappa shape index (κ1) is 19.8. The Morgan fingerprint density at radius 1 is 1.10 bits per heavy atom. The van der Waals surface area contributed by atoms with Gasteiger partial charge in [0.2, 0.25) is 0 Å². The molecular weight excluding hydrogens is 378 g/mol. The molecule has 0 fully saturated rings. The quantitative estimate of drug-likeness (QED) is 0.433. The first-order chi connectivity index (χ1) is 14.7. The molecule has 2 heterocycles. The highest BCUT2D eigenvalue weighted by molar-refractivity contribution is 5.91. The maximum atomic E-state index is 12.6. The molecule has 0 N–H and O–H groups in total. The van der Waals surface area contributed by atoms with E-state index in [0.29, 0.717) is 25.5 Å². The number of furan rings is 1. The topological polar surface area (TPSA) is 60.5 Å². The number of nitrogens with zero attached hydrogens (tertiary/aromatic N) is 3. The highest BCUT2D eigenvalue weighted by Gasteiger charge is 2.18.